The summed E-state index contributed by atoms with van der Waals surface area (Å²) in [5, 5.41) is 18.7. The van der Waals surface area contributed by atoms with Gasteiger partial charge in [0, 0.05) is 6.54 Å². The minimum absolute atomic E-state index is 0.379. The van der Waals surface area contributed by atoms with Crippen LogP contribution in [0.25, 0.3) is 5.82 Å². The molecule has 0 amide bonds. The van der Waals surface area contributed by atoms with Gasteiger partial charge >= 0.3 is 0 Å². The first-order valence-corrected chi connectivity index (χ1v) is 4.08. The molecule has 0 saturated heterocycles. The Balaban J connectivity index is 2.46. The van der Waals surface area contributed by atoms with Gasteiger partial charge in [0.05, 0.1) is 5.69 Å². The second-order valence-electron chi connectivity index (χ2n) is 2.80. The maximum absolute atomic E-state index is 5.44. The van der Waals surface area contributed by atoms with Crippen molar-refractivity contribution < 1.29 is 0 Å². The molecule has 14 heavy (non-hydrogen) atoms. The molecule has 2 N–H and O–H groups in total. The molecule has 0 aliphatic rings. The summed E-state index contributed by atoms with van der Waals surface area (Å²) in [6, 6.07) is 1.87. The third-order valence-corrected chi connectivity index (χ3v) is 1.78. The first kappa shape index (κ1) is 8.70. The molecular formula is C7H9N7. The van der Waals surface area contributed by atoms with Crippen molar-refractivity contribution in [2.24, 2.45) is 5.73 Å². The van der Waals surface area contributed by atoms with Gasteiger partial charge in [-0.1, -0.05) is 0 Å². The Morgan fingerprint density at radius 3 is 2.86 bits per heavy atom. The quantitative estimate of drug-likeness (QED) is 0.669. The summed E-state index contributed by atoms with van der Waals surface area (Å²) in [5.74, 6) is 0.618. The van der Waals surface area contributed by atoms with E-state index in [1.165, 1.54) is 11.0 Å². The minimum Gasteiger partial charge on any atom is -0.325 e. The first-order chi connectivity index (χ1) is 6.81. The van der Waals surface area contributed by atoms with Gasteiger partial charge in [-0.25, -0.2) is 0 Å². The normalized spacial score (nSPS) is 10.4. The average Bonchev–Trinajstić information content (AvgIpc) is 2.70. The number of tetrazole rings is 1. The van der Waals surface area contributed by atoms with Gasteiger partial charge in [0.25, 0.3) is 0 Å². The fourth-order valence-electron chi connectivity index (χ4n) is 1.12. The molecule has 0 saturated carbocycles. The molecule has 0 aromatic carbocycles. The van der Waals surface area contributed by atoms with Crippen LogP contribution in [0.2, 0.25) is 0 Å². The maximum Gasteiger partial charge on any atom is 0.182 e. The van der Waals surface area contributed by atoms with Crippen LogP contribution >= 0.6 is 0 Å². The summed E-state index contributed by atoms with van der Waals surface area (Å²) in [5.41, 5.74) is 7.12. The zero-order valence-electron chi connectivity index (χ0n) is 7.62. The van der Waals surface area contributed by atoms with Gasteiger partial charge in [0.1, 0.15) is 6.33 Å². The highest BCUT2D eigenvalue weighted by atomic mass is 15.5. The Morgan fingerprint density at radius 1 is 1.43 bits per heavy atom. The highest BCUT2D eigenvalue weighted by molar-refractivity contribution is 5.30. The summed E-state index contributed by atoms with van der Waals surface area (Å²) in [7, 11) is 0. The first-order valence-electron chi connectivity index (χ1n) is 4.08. The van der Waals surface area contributed by atoms with Gasteiger partial charge in [-0.05, 0) is 29.0 Å². The lowest BCUT2D eigenvalue weighted by atomic mass is 10.2. The molecule has 7 heteroatoms. The van der Waals surface area contributed by atoms with Gasteiger partial charge in [-0.3, -0.25) is 0 Å². The number of aromatic nitrogens is 6. The van der Waals surface area contributed by atoms with E-state index in [4.69, 9.17) is 5.73 Å². The molecule has 0 aliphatic heterocycles. The molecule has 7 nitrogen and oxygen atoms in total. The van der Waals surface area contributed by atoms with E-state index in [0.717, 1.165) is 11.3 Å². The standard InChI is InChI=1S/C7H9N7/c1-5-2-6(3-8)10-11-7(5)14-4-9-12-13-14/h2,4H,3,8H2,1H3. The Bertz CT molecular complexity index is 422. The van der Waals surface area contributed by atoms with E-state index in [1.807, 2.05) is 13.0 Å². The van der Waals surface area contributed by atoms with Crippen LogP contribution in [0.5, 0.6) is 0 Å². The average molecular weight is 191 g/mol. The van der Waals surface area contributed by atoms with Crippen LogP contribution in [-0.2, 0) is 6.54 Å². The van der Waals surface area contributed by atoms with Crippen molar-refractivity contribution >= 4 is 0 Å². The topological polar surface area (TPSA) is 95.4 Å². The maximum atomic E-state index is 5.44. The predicted octanol–water partition coefficient (Wildman–Crippen LogP) is -0.781. The molecule has 72 valence electrons. The van der Waals surface area contributed by atoms with Gasteiger partial charge in [0.2, 0.25) is 0 Å². The van der Waals surface area contributed by atoms with Crippen LogP contribution in [0, 0.1) is 6.92 Å². The van der Waals surface area contributed by atoms with E-state index >= 15 is 0 Å². The third kappa shape index (κ3) is 1.44. The van der Waals surface area contributed by atoms with E-state index in [-0.39, 0.29) is 0 Å². The minimum atomic E-state index is 0.379. The van der Waals surface area contributed by atoms with Crippen LogP contribution in [0.1, 0.15) is 11.3 Å². The van der Waals surface area contributed by atoms with E-state index in [9.17, 15) is 0 Å². The third-order valence-electron chi connectivity index (χ3n) is 1.78. The fraction of sp³-hybridized carbons (Fsp3) is 0.286. The fourth-order valence-corrected chi connectivity index (χ4v) is 1.12. The monoisotopic (exact) mass is 191 g/mol. The van der Waals surface area contributed by atoms with Gasteiger partial charge in [-0.2, -0.15) is 9.78 Å². The Hall–Kier alpha value is -1.89. The molecule has 2 heterocycles. The van der Waals surface area contributed by atoms with Crippen molar-refractivity contribution in [2.45, 2.75) is 13.5 Å². The molecule has 0 fully saturated rings. The number of aryl methyl sites for hydroxylation is 1. The number of hydrogen-bond donors (Lipinski definition) is 1. The Morgan fingerprint density at radius 2 is 2.29 bits per heavy atom. The van der Waals surface area contributed by atoms with Crippen molar-refractivity contribution in [2.75, 3.05) is 0 Å². The van der Waals surface area contributed by atoms with E-state index in [0.29, 0.717) is 12.4 Å². The molecule has 2 rings (SSSR count). The lowest BCUT2D eigenvalue weighted by Crippen LogP contribution is -2.07. The molecule has 0 radical (unpaired) electrons. The predicted molar refractivity (Wildman–Crippen MR) is 47.4 cm³/mol. The summed E-state index contributed by atoms with van der Waals surface area (Å²) in [6.07, 6.45) is 1.47. The van der Waals surface area contributed by atoms with Crippen LogP contribution in [0.3, 0.4) is 0 Å². The molecule has 2 aromatic heterocycles. The molecule has 0 aliphatic carbocycles. The Labute approximate surface area is 79.9 Å². The molecule has 0 spiro atoms. The highest BCUT2D eigenvalue weighted by Crippen LogP contribution is 2.07. The lowest BCUT2D eigenvalue weighted by Gasteiger charge is -2.02. The summed E-state index contributed by atoms with van der Waals surface area (Å²) >= 11 is 0. The largest absolute Gasteiger partial charge is 0.325 e. The molecule has 0 unspecified atom stereocenters. The smallest absolute Gasteiger partial charge is 0.182 e. The van der Waals surface area contributed by atoms with E-state index < -0.39 is 0 Å². The van der Waals surface area contributed by atoms with Crippen LogP contribution in [-0.4, -0.2) is 30.4 Å². The summed E-state index contributed by atoms with van der Waals surface area (Å²) in [6.45, 7) is 2.29. The van der Waals surface area contributed by atoms with E-state index in [1.54, 1.807) is 0 Å². The van der Waals surface area contributed by atoms with Crippen molar-refractivity contribution in [1.29, 1.82) is 0 Å². The number of rotatable bonds is 2. The van der Waals surface area contributed by atoms with Crippen LogP contribution in [0.15, 0.2) is 12.4 Å². The SMILES string of the molecule is Cc1cc(CN)nnc1-n1cnnn1. The van der Waals surface area contributed by atoms with Gasteiger partial charge in [-0.15, -0.1) is 10.2 Å². The zero-order chi connectivity index (χ0) is 9.97. The molecule has 2 aromatic rings. The second kappa shape index (κ2) is 3.46. The van der Waals surface area contributed by atoms with Crippen molar-refractivity contribution in [1.82, 2.24) is 30.4 Å². The highest BCUT2D eigenvalue weighted by Gasteiger charge is 2.05. The van der Waals surface area contributed by atoms with Gasteiger partial charge < -0.3 is 5.73 Å². The summed E-state index contributed by atoms with van der Waals surface area (Å²) < 4.78 is 1.46. The van der Waals surface area contributed by atoms with Gasteiger partial charge in [0.15, 0.2) is 5.82 Å². The molecule has 0 bridgehead atoms. The molecule has 0 atom stereocenters. The van der Waals surface area contributed by atoms with Crippen molar-refractivity contribution in [3.05, 3.63) is 23.7 Å². The number of nitrogens with zero attached hydrogens (tertiary/aromatic N) is 6. The summed E-state index contributed by atoms with van der Waals surface area (Å²) in [4.78, 5) is 0. The Kier molecular flexibility index (Phi) is 2.15. The van der Waals surface area contributed by atoms with Crippen molar-refractivity contribution in [3.63, 3.8) is 0 Å². The molecular weight excluding hydrogens is 182 g/mol. The lowest BCUT2D eigenvalue weighted by molar-refractivity contribution is 0.739. The van der Waals surface area contributed by atoms with Crippen LogP contribution < -0.4 is 5.73 Å². The number of hydrogen-bond acceptors (Lipinski definition) is 6. The second-order valence-corrected chi connectivity index (χ2v) is 2.80. The van der Waals surface area contributed by atoms with Crippen LogP contribution in [0.4, 0.5) is 0 Å². The number of nitrogens with two attached hydrogens (primary N) is 1. The van der Waals surface area contributed by atoms with E-state index in [2.05, 4.69) is 25.7 Å². The zero-order valence-corrected chi connectivity index (χ0v) is 7.62. The van der Waals surface area contributed by atoms with Crippen molar-refractivity contribution in [3.8, 4) is 5.82 Å².